The van der Waals surface area contributed by atoms with Crippen molar-refractivity contribution in [3.63, 3.8) is 0 Å². The van der Waals surface area contributed by atoms with Crippen LogP contribution in [0.5, 0.6) is 0 Å². The molecule has 0 aliphatic heterocycles. The predicted molar refractivity (Wildman–Crippen MR) is 87.4 cm³/mol. The first-order valence-corrected chi connectivity index (χ1v) is 7.39. The van der Waals surface area contributed by atoms with E-state index in [2.05, 4.69) is 51.0 Å². The third-order valence-corrected chi connectivity index (χ3v) is 1.74. The van der Waals surface area contributed by atoms with Crippen LogP contribution in [0, 0.1) is 52.2 Å². The van der Waals surface area contributed by atoms with E-state index in [0.29, 0.717) is 13.2 Å². The van der Waals surface area contributed by atoms with E-state index in [1.54, 1.807) is 14.2 Å². The molecule has 1 aliphatic carbocycles. The quantitative estimate of drug-likeness (QED) is 0.442. The first-order chi connectivity index (χ1) is 8.88. The van der Waals surface area contributed by atoms with Gasteiger partial charge in [-0.25, -0.2) is 0 Å². The zero-order valence-corrected chi connectivity index (χ0v) is 17.8. The van der Waals surface area contributed by atoms with Gasteiger partial charge < -0.3 is 21.3 Å². The van der Waals surface area contributed by atoms with Crippen LogP contribution in [0.3, 0.4) is 0 Å². The third-order valence-electron chi connectivity index (χ3n) is 1.74. The standard InChI is InChI=1S/C5H10.C4H10O2.2C4H9.Sm/c1-2-4-5-3-1;1-5-3-4-6-2;2*1-4(2)3;/h1-5H2;3-4H2,1-2H3;2*1-3H3;/q;;2*-1;+3. The van der Waals surface area contributed by atoms with Gasteiger partial charge in [-0.05, 0) is 0 Å². The molecule has 0 aromatic heterocycles. The summed E-state index contributed by atoms with van der Waals surface area (Å²) in [7, 11) is 3.30. The largest absolute Gasteiger partial charge is 3.00 e. The Hall–Kier alpha value is 1.26. The molecule has 0 amide bonds. The van der Waals surface area contributed by atoms with Crippen molar-refractivity contribution < 1.29 is 49.9 Å². The van der Waals surface area contributed by atoms with Crippen molar-refractivity contribution in [3.8, 4) is 0 Å². The fourth-order valence-electron chi connectivity index (χ4n) is 1.05. The second-order valence-electron chi connectivity index (χ2n) is 5.75. The molecule has 0 saturated heterocycles. The van der Waals surface area contributed by atoms with E-state index in [1.165, 1.54) is 43.9 Å². The van der Waals surface area contributed by atoms with Gasteiger partial charge in [0.15, 0.2) is 0 Å². The molecule has 2 nitrogen and oxygen atoms in total. The summed E-state index contributed by atoms with van der Waals surface area (Å²) in [6, 6.07) is 0. The molecule has 0 atom stereocenters. The molecule has 1 aliphatic rings. The van der Waals surface area contributed by atoms with Crippen molar-refractivity contribution >= 4 is 0 Å². The molecule has 0 aromatic carbocycles. The molecule has 0 N–H and O–H groups in total. The van der Waals surface area contributed by atoms with E-state index in [1.807, 2.05) is 0 Å². The van der Waals surface area contributed by atoms with E-state index < -0.39 is 0 Å². The van der Waals surface area contributed by atoms with E-state index in [9.17, 15) is 0 Å². The van der Waals surface area contributed by atoms with Gasteiger partial charge in [0, 0.05) is 14.2 Å². The first-order valence-electron chi connectivity index (χ1n) is 7.39. The van der Waals surface area contributed by atoms with E-state index >= 15 is 0 Å². The number of ether oxygens (including phenoxy) is 2. The van der Waals surface area contributed by atoms with Crippen LogP contribution in [0.4, 0.5) is 0 Å². The maximum absolute atomic E-state index is 4.66. The topological polar surface area (TPSA) is 18.5 Å². The van der Waals surface area contributed by atoms with Crippen LogP contribution in [0.15, 0.2) is 0 Å². The number of methoxy groups -OCH3 is 2. The van der Waals surface area contributed by atoms with Gasteiger partial charge >= 0.3 is 40.4 Å². The van der Waals surface area contributed by atoms with E-state index in [4.69, 9.17) is 0 Å². The van der Waals surface area contributed by atoms with Crippen LogP contribution in [0.2, 0.25) is 0 Å². The molecule has 1 saturated carbocycles. The molecule has 0 unspecified atom stereocenters. The zero-order valence-electron chi connectivity index (χ0n) is 15.2. The van der Waals surface area contributed by atoms with Crippen molar-refractivity contribution in [2.24, 2.45) is 0 Å². The van der Waals surface area contributed by atoms with Crippen molar-refractivity contribution in [2.75, 3.05) is 27.4 Å². The Morgan fingerprint density at radius 2 is 0.750 bits per heavy atom. The van der Waals surface area contributed by atoms with Gasteiger partial charge in [-0.1, -0.05) is 32.1 Å². The first kappa shape index (κ1) is 29.3. The molecule has 0 heterocycles. The van der Waals surface area contributed by atoms with Crippen molar-refractivity contribution in [1.82, 2.24) is 0 Å². The Morgan fingerprint density at radius 1 is 0.600 bits per heavy atom. The van der Waals surface area contributed by atoms with Gasteiger partial charge in [-0.2, -0.15) is 41.5 Å². The molecule has 123 valence electrons. The number of rotatable bonds is 3. The Kier molecular flexibility index (Phi) is 41.6. The van der Waals surface area contributed by atoms with Crippen LogP contribution >= 0.6 is 0 Å². The second-order valence-corrected chi connectivity index (χ2v) is 5.75. The Balaban J connectivity index is -0.0000000852. The maximum atomic E-state index is 4.66. The maximum Gasteiger partial charge on any atom is 3.00 e. The predicted octanol–water partition coefficient (Wildman–Crippen LogP) is 5.47. The Labute approximate surface area is 161 Å². The summed E-state index contributed by atoms with van der Waals surface area (Å²) in [5, 5.41) is 0. The zero-order chi connectivity index (χ0) is 15.5. The summed E-state index contributed by atoms with van der Waals surface area (Å²) in [4.78, 5) is 0. The van der Waals surface area contributed by atoms with E-state index in [0.717, 1.165) is 0 Å². The van der Waals surface area contributed by atoms with Gasteiger partial charge in [0.25, 0.3) is 0 Å². The molecule has 1 radical (unpaired) electrons. The summed E-state index contributed by atoms with van der Waals surface area (Å²) >= 11 is 0. The van der Waals surface area contributed by atoms with Gasteiger partial charge in [-0.15, -0.1) is 0 Å². The van der Waals surface area contributed by atoms with Gasteiger partial charge in [0.05, 0.1) is 13.2 Å². The molecule has 0 aromatic rings. The van der Waals surface area contributed by atoms with E-state index in [-0.39, 0.29) is 40.4 Å². The summed E-state index contributed by atoms with van der Waals surface area (Å²) < 4.78 is 9.31. The van der Waals surface area contributed by atoms with Crippen LogP contribution < -0.4 is 0 Å². The minimum atomic E-state index is 0. The Bertz CT molecular complexity index is 101. The van der Waals surface area contributed by atoms with Gasteiger partial charge in [-0.3, -0.25) is 0 Å². The molecule has 0 bridgehead atoms. The van der Waals surface area contributed by atoms with Crippen molar-refractivity contribution in [3.05, 3.63) is 11.8 Å². The molecule has 1 fully saturated rings. The van der Waals surface area contributed by atoms with Gasteiger partial charge in [0.1, 0.15) is 0 Å². The van der Waals surface area contributed by atoms with Crippen molar-refractivity contribution in [2.45, 2.75) is 73.6 Å². The monoisotopic (exact) mass is 426 g/mol. The number of hydrogen-bond acceptors (Lipinski definition) is 2. The molecular weight excluding hydrogens is 387 g/mol. The number of hydrogen-bond donors (Lipinski definition) is 0. The van der Waals surface area contributed by atoms with Crippen LogP contribution in [0.25, 0.3) is 0 Å². The molecule has 20 heavy (non-hydrogen) atoms. The minimum Gasteiger partial charge on any atom is -0.382 e. The van der Waals surface area contributed by atoms with Crippen LogP contribution in [-0.2, 0) is 9.47 Å². The minimum absolute atomic E-state index is 0. The summed E-state index contributed by atoms with van der Waals surface area (Å²) in [5.41, 5.74) is 0. The van der Waals surface area contributed by atoms with Gasteiger partial charge in [0.2, 0.25) is 0 Å². The molecule has 1 rings (SSSR count). The summed E-state index contributed by atoms with van der Waals surface area (Å²) in [5.74, 6) is 2.83. The van der Waals surface area contributed by atoms with Crippen LogP contribution in [0.1, 0.15) is 73.6 Å². The Morgan fingerprint density at radius 3 is 0.850 bits per heavy atom. The normalized spacial score (nSPS) is 12.3. The van der Waals surface area contributed by atoms with Crippen LogP contribution in [-0.4, -0.2) is 27.4 Å². The summed E-state index contributed by atoms with van der Waals surface area (Å²) in [6.45, 7) is 13.9. The summed E-state index contributed by atoms with van der Waals surface area (Å²) in [6.07, 6.45) is 7.50. The molecule has 0 spiro atoms. The molecule has 3 heteroatoms. The average molecular weight is 425 g/mol. The molecular formula is C17H38O2Sm+. The average Bonchev–Trinajstić information content (AvgIpc) is 2.83. The fraction of sp³-hybridized carbons (Fsp3) is 0.882. The SMILES string of the molecule is C1CCCC1.COCCOC.C[C-](C)C.C[C-](C)C.[Sm+3]. The third kappa shape index (κ3) is 74.9. The fourth-order valence-corrected chi connectivity index (χ4v) is 1.05. The second kappa shape index (κ2) is 28.4. The van der Waals surface area contributed by atoms with Crippen molar-refractivity contribution in [1.29, 1.82) is 0 Å². The smallest absolute Gasteiger partial charge is 0.382 e.